The number of aryl methyl sites for hydroxylation is 3. The first-order valence-corrected chi connectivity index (χ1v) is 11.3. The quantitative estimate of drug-likeness (QED) is 0.449. The Morgan fingerprint density at radius 1 is 0.971 bits per heavy atom. The maximum Gasteiger partial charge on any atom is 0.261 e. The van der Waals surface area contributed by atoms with Gasteiger partial charge in [0.1, 0.15) is 0 Å². The van der Waals surface area contributed by atoms with Crippen LogP contribution >= 0.6 is 0 Å². The first kappa shape index (κ1) is 21.7. The molecule has 1 fully saturated rings. The zero-order valence-electron chi connectivity index (χ0n) is 19.3. The summed E-state index contributed by atoms with van der Waals surface area (Å²) >= 11 is 0. The van der Waals surface area contributed by atoms with Gasteiger partial charge in [0.25, 0.3) is 5.56 Å². The minimum absolute atomic E-state index is 0.0330. The number of amides is 1. The van der Waals surface area contributed by atoms with E-state index in [2.05, 4.69) is 25.2 Å². The van der Waals surface area contributed by atoms with Gasteiger partial charge in [-0.25, -0.2) is 9.67 Å². The van der Waals surface area contributed by atoms with Gasteiger partial charge in [-0.15, -0.1) is 10.2 Å². The minimum atomic E-state index is -0.120. The molecule has 0 bridgehead atoms. The largest absolute Gasteiger partial charge is 0.352 e. The molecule has 0 N–H and O–H groups in total. The highest BCUT2D eigenvalue weighted by Gasteiger charge is 2.22. The molecule has 10 nitrogen and oxygen atoms in total. The van der Waals surface area contributed by atoms with Crippen LogP contribution in [0.1, 0.15) is 17.8 Å². The molecule has 0 spiro atoms. The van der Waals surface area contributed by atoms with Crippen LogP contribution in [-0.4, -0.2) is 66.5 Å². The number of benzene rings is 1. The highest BCUT2D eigenvalue weighted by molar-refractivity contribution is 5.77. The van der Waals surface area contributed by atoms with E-state index in [1.54, 1.807) is 10.7 Å². The number of carbonyl (C=O) groups excluding carboxylic acids is 1. The van der Waals surface area contributed by atoms with Crippen LogP contribution in [-0.2, 0) is 11.3 Å². The van der Waals surface area contributed by atoms with Crippen LogP contribution in [0.2, 0.25) is 0 Å². The second-order valence-corrected chi connectivity index (χ2v) is 8.47. The Morgan fingerprint density at radius 2 is 1.71 bits per heavy atom. The van der Waals surface area contributed by atoms with Crippen molar-refractivity contribution in [1.82, 2.24) is 34.4 Å². The molecule has 34 heavy (non-hydrogen) atoms. The normalized spacial score (nSPS) is 14.1. The average Bonchev–Trinajstić information content (AvgIpc) is 3.21. The van der Waals surface area contributed by atoms with Crippen molar-refractivity contribution in [3.8, 4) is 5.82 Å². The molecule has 0 aliphatic carbocycles. The summed E-state index contributed by atoms with van der Waals surface area (Å²) in [7, 11) is 0. The predicted molar refractivity (Wildman–Crippen MR) is 128 cm³/mol. The van der Waals surface area contributed by atoms with Gasteiger partial charge in [-0.2, -0.15) is 5.10 Å². The van der Waals surface area contributed by atoms with Crippen molar-refractivity contribution < 1.29 is 4.79 Å². The molecule has 1 amide bonds. The molecule has 0 atom stereocenters. The first-order chi connectivity index (χ1) is 16.5. The van der Waals surface area contributed by atoms with E-state index in [1.807, 2.05) is 55.1 Å². The van der Waals surface area contributed by atoms with Crippen molar-refractivity contribution in [2.75, 3.05) is 31.1 Å². The second kappa shape index (κ2) is 9.05. The van der Waals surface area contributed by atoms with E-state index < -0.39 is 0 Å². The number of piperazine rings is 1. The van der Waals surface area contributed by atoms with Crippen molar-refractivity contribution in [2.24, 2.45) is 0 Å². The lowest BCUT2D eigenvalue weighted by Gasteiger charge is -2.35. The predicted octanol–water partition coefficient (Wildman–Crippen LogP) is 1.73. The lowest BCUT2D eigenvalue weighted by atomic mass is 10.2. The summed E-state index contributed by atoms with van der Waals surface area (Å²) in [4.78, 5) is 33.7. The lowest BCUT2D eigenvalue weighted by Crippen LogP contribution is -2.49. The number of hydrogen-bond donors (Lipinski definition) is 0. The van der Waals surface area contributed by atoms with Gasteiger partial charge in [-0.1, -0.05) is 12.1 Å². The Bertz CT molecular complexity index is 1380. The highest BCUT2D eigenvalue weighted by Crippen LogP contribution is 2.16. The monoisotopic (exact) mass is 458 g/mol. The van der Waals surface area contributed by atoms with Crippen LogP contribution in [0.5, 0.6) is 0 Å². The number of para-hydroxylation sites is 1. The SMILES string of the molecule is Cc1cc(C)n(-c2ccc(N3CCN(C(=O)CCn4cnc5ccccc5c4=O)CC3)nn2)n1. The van der Waals surface area contributed by atoms with E-state index in [-0.39, 0.29) is 17.9 Å². The van der Waals surface area contributed by atoms with Crippen LogP contribution in [0.3, 0.4) is 0 Å². The molecule has 0 unspecified atom stereocenters. The third kappa shape index (κ3) is 4.26. The molecule has 4 heterocycles. The Kier molecular flexibility index (Phi) is 5.79. The number of fused-ring (bicyclic) bond motifs is 1. The molecule has 10 heteroatoms. The van der Waals surface area contributed by atoms with Gasteiger partial charge < -0.3 is 9.80 Å². The van der Waals surface area contributed by atoms with Crippen LogP contribution in [0, 0.1) is 13.8 Å². The fraction of sp³-hybridized carbons (Fsp3) is 0.333. The van der Waals surface area contributed by atoms with E-state index in [4.69, 9.17) is 0 Å². The number of aromatic nitrogens is 6. The van der Waals surface area contributed by atoms with E-state index in [9.17, 15) is 9.59 Å². The van der Waals surface area contributed by atoms with Crippen molar-refractivity contribution in [3.05, 3.63) is 70.5 Å². The summed E-state index contributed by atoms with van der Waals surface area (Å²) in [5, 5.41) is 13.7. The number of anilines is 1. The molecule has 5 rings (SSSR count). The Balaban J connectivity index is 1.17. The van der Waals surface area contributed by atoms with E-state index in [0.717, 1.165) is 17.2 Å². The molecule has 1 saturated heterocycles. The molecule has 174 valence electrons. The zero-order valence-corrected chi connectivity index (χ0v) is 19.3. The van der Waals surface area contributed by atoms with Gasteiger partial charge in [0.2, 0.25) is 5.91 Å². The second-order valence-electron chi connectivity index (χ2n) is 8.47. The van der Waals surface area contributed by atoms with Crippen LogP contribution < -0.4 is 10.5 Å². The van der Waals surface area contributed by atoms with Gasteiger partial charge in [0.15, 0.2) is 11.6 Å². The molecule has 4 aromatic rings. The standard InChI is InChI=1S/C24H26N8O2/c1-17-15-18(2)32(28-17)22-8-7-21(26-27-22)29-11-13-30(14-12-29)23(33)9-10-31-16-25-20-6-4-3-5-19(20)24(31)34/h3-8,15-16H,9-14H2,1-2H3. The molecule has 0 saturated carbocycles. The van der Waals surface area contributed by atoms with Crippen molar-refractivity contribution in [1.29, 1.82) is 0 Å². The summed E-state index contributed by atoms with van der Waals surface area (Å²) in [6, 6.07) is 13.1. The van der Waals surface area contributed by atoms with Crippen molar-refractivity contribution >= 4 is 22.6 Å². The smallest absolute Gasteiger partial charge is 0.261 e. The first-order valence-electron chi connectivity index (χ1n) is 11.3. The molecule has 3 aromatic heterocycles. The number of rotatable bonds is 5. The van der Waals surface area contributed by atoms with E-state index in [0.29, 0.717) is 49.4 Å². The van der Waals surface area contributed by atoms with Gasteiger partial charge in [0, 0.05) is 44.8 Å². The Labute approximate surface area is 196 Å². The lowest BCUT2D eigenvalue weighted by molar-refractivity contribution is -0.131. The Hall–Kier alpha value is -4.08. The number of nitrogens with zero attached hydrogens (tertiary/aromatic N) is 8. The number of carbonyl (C=O) groups is 1. The topological polar surface area (TPSA) is 102 Å². The van der Waals surface area contributed by atoms with E-state index >= 15 is 0 Å². The summed E-state index contributed by atoms with van der Waals surface area (Å²) in [5.74, 6) is 1.50. The molecule has 1 aliphatic rings. The van der Waals surface area contributed by atoms with E-state index in [1.165, 1.54) is 10.9 Å². The molecular weight excluding hydrogens is 432 g/mol. The zero-order chi connectivity index (χ0) is 23.7. The van der Waals surface area contributed by atoms with Gasteiger partial charge in [-0.3, -0.25) is 14.2 Å². The van der Waals surface area contributed by atoms with Crippen LogP contribution in [0.15, 0.2) is 53.6 Å². The molecule has 1 aromatic carbocycles. The summed E-state index contributed by atoms with van der Waals surface area (Å²) < 4.78 is 3.29. The van der Waals surface area contributed by atoms with Gasteiger partial charge in [-0.05, 0) is 44.2 Å². The fourth-order valence-corrected chi connectivity index (χ4v) is 4.29. The van der Waals surface area contributed by atoms with Gasteiger partial charge >= 0.3 is 0 Å². The third-order valence-electron chi connectivity index (χ3n) is 6.12. The van der Waals surface area contributed by atoms with Crippen molar-refractivity contribution in [2.45, 2.75) is 26.8 Å². The fourth-order valence-electron chi connectivity index (χ4n) is 4.29. The molecular formula is C24H26N8O2. The maximum absolute atomic E-state index is 12.8. The minimum Gasteiger partial charge on any atom is -0.352 e. The van der Waals surface area contributed by atoms with Crippen LogP contribution in [0.25, 0.3) is 16.7 Å². The molecule has 0 radical (unpaired) electrons. The van der Waals surface area contributed by atoms with Crippen molar-refractivity contribution in [3.63, 3.8) is 0 Å². The molecule has 1 aliphatic heterocycles. The van der Waals surface area contributed by atoms with Gasteiger partial charge in [0.05, 0.1) is 22.9 Å². The average molecular weight is 459 g/mol. The number of hydrogen-bond acceptors (Lipinski definition) is 7. The highest BCUT2D eigenvalue weighted by atomic mass is 16.2. The summed E-state index contributed by atoms with van der Waals surface area (Å²) in [6.45, 7) is 6.81. The Morgan fingerprint density at radius 3 is 2.41 bits per heavy atom. The maximum atomic E-state index is 12.8. The summed E-state index contributed by atoms with van der Waals surface area (Å²) in [5.41, 5.74) is 2.49. The third-order valence-corrected chi connectivity index (χ3v) is 6.12. The summed E-state index contributed by atoms with van der Waals surface area (Å²) in [6.07, 6.45) is 1.78. The van der Waals surface area contributed by atoms with Crippen LogP contribution in [0.4, 0.5) is 5.82 Å².